The molecule has 2 aromatic carbocycles. The molecule has 0 radical (unpaired) electrons. The van der Waals surface area contributed by atoms with Crippen LogP contribution in [-0.2, 0) is 4.79 Å². The third kappa shape index (κ3) is 3.62. The molecule has 3 heteroatoms. The number of benzene rings is 2. The Morgan fingerprint density at radius 2 is 1.64 bits per heavy atom. The summed E-state index contributed by atoms with van der Waals surface area (Å²) >= 11 is 0. The topological polar surface area (TPSA) is 52.9 Å². The Labute approximate surface area is 130 Å². The van der Waals surface area contributed by atoms with Gasteiger partial charge in [0.25, 0.3) is 5.91 Å². The molecule has 0 unspecified atom stereocenters. The van der Waals surface area contributed by atoms with E-state index in [0.717, 1.165) is 27.9 Å². The molecule has 1 N–H and O–H groups in total. The Bertz CT molecular complexity index is 745. The van der Waals surface area contributed by atoms with Crippen LogP contribution in [0.2, 0.25) is 0 Å². The molecule has 22 heavy (non-hydrogen) atoms. The van der Waals surface area contributed by atoms with Gasteiger partial charge in [-0.1, -0.05) is 48.0 Å². The third-order valence-electron chi connectivity index (χ3n) is 3.47. The van der Waals surface area contributed by atoms with Crippen molar-refractivity contribution in [3.8, 4) is 6.07 Å². The number of carbonyl (C=O) groups is 1. The first-order chi connectivity index (χ1) is 10.5. The van der Waals surface area contributed by atoms with Crippen LogP contribution in [0.25, 0.3) is 6.08 Å². The first-order valence-electron chi connectivity index (χ1n) is 7.07. The van der Waals surface area contributed by atoms with Gasteiger partial charge in [-0.2, -0.15) is 5.26 Å². The SMILES string of the molecule is Cc1ccc(/C=C(\C#N)C(=O)Nc2c(C)cccc2C)cc1. The van der Waals surface area contributed by atoms with Gasteiger partial charge in [-0.3, -0.25) is 4.79 Å². The predicted molar refractivity (Wildman–Crippen MR) is 89.3 cm³/mol. The summed E-state index contributed by atoms with van der Waals surface area (Å²) in [6, 6.07) is 15.4. The van der Waals surface area contributed by atoms with E-state index in [1.54, 1.807) is 6.08 Å². The number of carbonyl (C=O) groups excluding carboxylic acids is 1. The monoisotopic (exact) mass is 290 g/mol. The number of amides is 1. The summed E-state index contributed by atoms with van der Waals surface area (Å²) in [5.41, 5.74) is 4.76. The third-order valence-corrected chi connectivity index (χ3v) is 3.47. The van der Waals surface area contributed by atoms with Gasteiger partial charge in [0.15, 0.2) is 0 Å². The highest BCUT2D eigenvalue weighted by Gasteiger charge is 2.12. The molecule has 0 heterocycles. The van der Waals surface area contributed by atoms with Gasteiger partial charge < -0.3 is 5.32 Å². The van der Waals surface area contributed by atoms with E-state index in [-0.39, 0.29) is 11.5 Å². The molecule has 0 aromatic heterocycles. The normalized spacial score (nSPS) is 10.9. The van der Waals surface area contributed by atoms with E-state index in [1.807, 2.05) is 69.3 Å². The lowest BCUT2D eigenvalue weighted by Gasteiger charge is -2.10. The van der Waals surface area contributed by atoms with Crippen LogP contribution in [0.1, 0.15) is 22.3 Å². The van der Waals surface area contributed by atoms with E-state index < -0.39 is 0 Å². The van der Waals surface area contributed by atoms with Gasteiger partial charge in [0.1, 0.15) is 11.6 Å². The number of nitriles is 1. The molecule has 3 nitrogen and oxygen atoms in total. The van der Waals surface area contributed by atoms with Crippen LogP contribution in [0.5, 0.6) is 0 Å². The van der Waals surface area contributed by atoms with E-state index >= 15 is 0 Å². The number of hydrogen-bond donors (Lipinski definition) is 1. The van der Waals surface area contributed by atoms with Crippen LogP contribution in [0, 0.1) is 32.1 Å². The van der Waals surface area contributed by atoms with Crippen LogP contribution in [-0.4, -0.2) is 5.91 Å². The second-order valence-corrected chi connectivity index (χ2v) is 5.30. The van der Waals surface area contributed by atoms with E-state index in [9.17, 15) is 10.1 Å². The van der Waals surface area contributed by atoms with Crippen molar-refractivity contribution in [1.82, 2.24) is 0 Å². The Morgan fingerprint density at radius 1 is 1.05 bits per heavy atom. The molecule has 0 aliphatic heterocycles. The second-order valence-electron chi connectivity index (χ2n) is 5.30. The van der Waals surface area contributed by atoms with E-state index in [4.69, 9.17) is 0 Å². The van der Waals surface area contributed by atoms with Gasteiger partial charge in [-0.15, -0.1) is 0 Å². The largest absolute Gasteiger partial charge is 0.321 e. The zero-order valence-corrected chi connectivity index (χ0v) is 13.0. The number of hydrogen-bond acceptors (Lipinski definition) is 2. The molecule has 0 bridgehead atoms. The van der Waals surface area contributed by atoms with Crippen molar-refractivity contribution in [3.05, 3.63) is 70.3 Å². The van der Waals surface area contributed by atoms with Gasteiger partial charge >= 0.3 is 0 Å². The van der Waals surface area contributed by atoms with Gasteiger partial charge in [0, 0.05) is 5.69 Å². The van der Waals surface area contributed by atoms with Crippen molar-refractivity contribution < 1.29 is 4.79 Å². The van der Waals surface area contributed by atoms with E-state index in [2.05, 4.69) is 5.32 Å². The molecule has 0 aliphatic rings. The summed E-state index contributed by atoms with van der Waals surface area (Å²) < 4.78 is 0. The van der Waals surface area contributed by atoms with Gasteiger partial charge in [-0.25, -0.2) is 0 Å². The molecule has 0 saturated carbocycles. The summed E-state index contributed by atoms with van der Waals surface area (Å²) in [5, 5.41) is 12.1. The number of aryl methyl sites for hydroxylation is 3. The van der Waals surface area contributed by atoms with Crippen LogP contribution in [0.3, 0.4) is 0 Å². The first-order valence-corrected chi connectivity index (χ1v) is 7.07. The highest BCUT2D eigenvalue weighted by molar-refractivity contribution is 6.10. The van der Waals surface area contributed by atoms with E-state index in [0.29, 0.717) is 0 Å². The lowest BCUT2D eigenvalue weighted by molar-refractivity contribution is -0.112. The second kappa shape index (κ2) is 6.73. The smallest absolute Gasteiger partial charge is 0.266 e. The number of nitrogens with zero attached hydrogens (tertiary/aromatic N) is 1. The molecule has 0 atom stereocenters. The molecule has 2 aromatic rings. The molecular weight excluding hydrogens is 272 g/mol. The molecule has 0 saturated heterocycles. The van der Waals surface area contributed by atoms with Crippen molar-refractivity contribution in [2.45, 2.75) is 20.8 Å². The molecule has 110 valence electrons. The number of nitrogens with one attached hydrogen (secondary N) is 1. The van der Waals surface area contributed by atoms with Gasteiger partial charge in [0.05, 0.1) is 0 Å². The number of para-hydroxylation sites is 1. The quantitative estimate of drug-likeness (QED) is 0.681. The molecule has 0 spiro atoms. The van der Waals surface area contributed by atoms with Crippen LogP contribution in [0.15, 0.2) is 48.0 Å². The maximum absolute atomic E-state index is 12.3. The average molecular weight is 290 g/mol. The van der Waals surface area contributed by atoms with E-state index in [1.165, 1.54) is 0 Å². The van der Waals surface area contributed by atoms with Gasteiger partial charge in [-0.05, 0) is 43.5 Å². The maximum Gasteiger partial charge on any atom is 0.266 e. The number of anilines is 1. The standard InChI is InChI=1S/C19H18N2O/c1-13-7-9-16(10-8-13)11-17(12-20)19(22)21-18-14(2)5-4-6-15(18)3/h4-11H,1-3H3,(H,21,22)/b17-11+. The minimum absolute atomic E-state index is 0.0894. The Hall–Kier alpha value is -2.86. The highest BCUT2D eigenvalue weighted by atomic mass is 16.1. The minimum Gasteiger partial charge on any atom is -0.321 e. The molecule has 0 fully saturated rings. The summed E-state index contributed by atoms with van der Waals surface area (Å²) in [7, 11) is 0. The van der Waals surface area contributed by atoms with Crippen LogP contribution < -0.4 is 5.32 Å². The zero-order valence-electron chi connectivity index (χ0n) is 13.0. The minimum atomic E-state index is -0.388. The van der Waals surface area contributed by atoms with Gasteiger partial charge in [0.2, 0.25) is 0 Å². The lowest BCUT2D eigenvalue weighted by atomic mass is 10.1. The Balaban J connectivity index is 2.26. The van der Waals surface area contributed by atoms with Crippen molar-refractivity contribution in [2.75, 3.05) is 5.32 Å². The summed E-state index contributed by atoms with van der Waals surface area (Å²) in [6.07, 6.45) is 1.60. The predicted octanol–water partition coefficient (Wildman–Crippen LogP) is 4.16. The van der Waals surface area contributed by atoms with Crippen LogP contribution in [0.4, 0.5) is 5.69 Å². The zero-order chi connectivity index (χ0) is 16.1. The summed E-state index contributed by atoms with van der Waals surface area (Å²) in [6.45, 7) is 5.85. The molecular formula is C19H18N2O. The fourth-order valence-electron chi connectivity index (χ4n) is 2.17. The molecule has 0 aliphatic carbocycles. The fourth-order valence-corrected chi connectivity index (χ4v) is 2.17. The Morgan fingerprint density at radius 3 is 2.18 bits per heavy atom. The molecule has 1 amide bonds. The first kappa shape index (κ1) is 15.5. The van der Waals surface area contributed by atoms with Crippen molar-refractivity contribution in [3.63, 3.8) is 0 Å². The van der Waals surface area contributed by atoms with Crippen molar-refractivity contribution in [2.24, 2.45) is 0 Å². The van der Waals surface area contributed by atoms with Crippen LogP contribution >= 0.6 is 0 Å². The van der Waals surface area contributed by atoms with Crippen molar-refractivity contribution >= 4 is 17.7 Å². The fraction of sp³-hybridized carbons (Fsp3) is 0.158. The number of rotatable bonds is 3. The Kier molecular flexibility index (Phi) is 4.75. The summed E-state index contributed by atoms with van der Waals surface area (Å²) in [4.78, 5) is 12.3. The average Bonchev–Trinajstić information content (AvgIpc) is 2.50. The lowest BCUT2D eigenvalue weighted by Crippen LogP contribution is -2.15. The highest BCUT2D eigenvalue weighted by Crippen LogP contribution is 2.20. The maximum atomic E-state index is 12.3. The molecule has 2 rings (SSSR count). The van der Waals surface area contributed by atoms with Crippen molar-refractivity contribution in [1.29, 1.82) is 5.26 Å². The summed E-state index contributed by atoms with van der Waals surface area (Å²) in [5.74, 6) is -0.388.